The van der Waals surface area contributed by atoms with Crippen LogP contribution < -0.4 is 5.32 Å². The molecular weight excluding hydrogens is 302 g/mol. The molecule has 3 rings (SSSR count). The molecule has 118 valence electrons. The van der Waals surface area contributed by atoms with Gasteiger partial charge in [-0.2, -0.15) is 0 Å². The second-order valence-electron chi connectivity index (χ2n) is 6.88. The lowest BCUT2D eigenvalue weighted by Crippen LogP contribution is -2.15. The van der Waals surface area contributed by atoms with Gasteiger partial charge in [0.25, 0.3) is 5.91 Å². The van der Waals surface area contributed by atoms with Gasteiger partial charge in [-0.15, -0.1) is 11.3 Å². The normalized spacial score (nSPS) is 11.7. The van der Waals surface area contributed by atoms with E-state index in [-0.39, 0.29) is 11.3 Å². The van der Waals surface area contributed by atoms with Crippen molar-refractivity contribution in [3.05, 3.63) is 64.5 Å². The Hall–Kier alpha value is -2.13. The van der Waals surface area contributed by atoms with Gasteiger partial charge in [0.2, 0.25) is 0 Å². The van der Waals surface area contributed by atoms with Crippen molar-refractivity contribution >= 4 is 33.0 Å². The van der Waals surface area contributed by atoms with Gasteiger partial charge in [0.05, 0.1) is 4.88 Å². The maximum absolute atomic E-state index is 12.6. The molecule has 0 spiro atoms. The van der Waals surface area contributed by atoms with E-state index in [1.807, 2.05) is 37.3 Å². The molecule has 0 saturated heterocycles. The van der Waals surface area contributed by atoms with Gasteiger partial charge in [-0.3, -0.25) is 4.79 Å². The van der Waals surface area contributed by atoms with Crippen LogP contribution in [0.2, 0.25) is 0 Å². The molecule has 23 heavy (non-hydrogen) atoms. The van der Waals surface area contributed by atoms with E-state index >= 15 is 0 Å². The van der Waals surface area contributed by atoms with Crippen molar-refractivity contribution in [2.75, 3.05) is 5.32 Å². The fraction of sp³-hybridized carbons (Fsp3) is 0.250. The lowest BCUT2D eigenvalue weighted by molar-refractivity contribution is 0.103. The Labute approximate surface area is 141 Å². The maximum Gasteiger partial charge on any atom is 0.265 e. The summed E-state index contributed by atoms with van der Waals surface area (Å²) >= 11 is 1.53. The fourth-order valence-electron chi connectivity index (χ4n) is 2.50. The van der Waals surface area contributed by atoms with Gasteiger partial charge < -0.3 is 5.32 Å². The highest BCUT2D eigenvalue weighted by molar-refractivity contribution is 7.20. The minimum absolute atomic E-state index is 0.0413. The van der Waals surface area contributed by atoms with Crippen LogP contribution in [0.5, 0.6) is 0 Å². The van der Waals surface area contributed by atoms with Gasteiger partial charge in [0.15, 0.2) is 0 Å². The molecule has 0 radical (unpaired) electrons. The topological polar surface area (TPSA) is 29.1 Å². The minimum Gasteiger partial charge on any atom is -0.321 e. The number of hydrogen-bond acceptors (Lipinski definition) is 2. The lowest BCUT2D eigenvalue weighted by Gasteiger charge is -2.21. The zero-order valence-corrected chi connectivity index (χ0v) is 14.8. The first-order chi connectivity index (χ1) is 10.8. The maximum atomic E-state index is 12.6. The Balaban J connectivity index is 1.90. The van der Waals surface area contributed by atoms with Crippen LogP contribution in [0.25, 0.3) is 10.1 Å². The molecule has 0 atom stereocenters. The van der Waals surface area contributed by atoms with Crippen LogP contribution in [0.3, 0.4) is 0 Å². The number of carbonyl (C=O) groups is 1. The molecule has 2 aromatic carbocycles. The van der Waals surface area contributed by atoms with E-state index in [4.69, 9.17) is 0 Å². The van der Waals surface area contributed by atoms with E-state index < -0.39 is 0 Å². The van der Waals surface area contributed by atoms with Crippen molar-refractivity contribution in [1.29, 1.82) is 0 Å². The molecule has 1 heterocycles. The summed E-state index contributed by atoms with van der Waals surface area (Å²) in [7, 11) is 0. The number of hydrogen-bond donors (Lipinski definition) is 1. The van der Waals surface area contributed by atoms with E-state index in [1.54, 1.807) is 0 Å². The minimum atomic E-state index is -0.0413. The number of thiophene rings is 1. The molecule has 0 aliphatic carbocycles. The quantitative estimate of drug-likeness (QED) is 0.638. The van der Waals surface area contributed by atoms with Crippen molar-refractivity contribution in [3.63, 3.8) is 0 Å². The van der Waals surface area contributed by atoms with E-state index in [2.05, 4.69) is 44.3 Å². The van der Waals surface area contributed by atoms with Gasteiger partial charge >= 0.3 is 0 Å². The van der Waals surface area contributed by atoms with Gasteiger partial charge in [0.1, 0.15) is 0 Å². The first-order valence-corrected chi connectivity index (χ1v) is 8.57. The summed E-state index contributed by atoms with van der Waals surface area (Å²) in [5.41, 5.74) is 3.24. The zero-order valence-electron chi connectivity index (χ0n) is 13.9. The third-order valence-corrected chi connectivity index (χ3v) is 5.12. The molecule has 3 heteroatoms. The molecule has 0 unspecified atom stereocenters. The average Bonchev–Trinajstić information content (AvgIpc) is 2.92. The number of aryl methyl sites for hydroxylation is 1. The molecule has 3 aromatic rings. The first kappa shape index (κ1) is 15.8. The van der Waals surface area contributed by atoms with E-state index in [0.29, 0.717) is 0 Å². The van der Waals surface area contributed by atoms with Crippen molar-refractivity contribution < 1.29 is 4.79 Å². The standard InChI is InChI=1S/C20H21NOS/c1-13-9-10-15(20(2,3)4)12-16(13)21-19(22)18-11-14-7-5-6-8-17(14)23-18/h5-12H,1-4H3,(H,21,22). The van der Waals surface area contributed by atoms with Crippen LogP contribution in [-0.4, -0.2) is 5.91 Å². The SMILES string of the molecule is Cc1ccc(C(C)(C)C)cc1NC(=O)c1cc2ccccc2s1. The largest absolute Gasteiger partial charge is 0.321 e. The zero-order chi connectivity index (χ0) is 16.6. The van der Waals surface area contributed by atoms with Gasteiger partial charge in [0, 0.05) is 10.4 Å². The summed E-state index contributed by atoms with van der Waals surface area (Å²) < 4.78 is 1.14. The Bertz CT molecular complexity index is 838. The lowest BCUT2D eigenvalue weighted by atomic mass is 9.86. The molecule has 2 nitrogen and oxygen atoms in total. The van der Waals surface area contributed by atoms with Crippen LogP contribution in [0.15, 0.2) is 48.5 Å². The summed E-state index contributed by atoms with van der Waals surface area (Å²) in [5, 5.41) is 4.19. The van der Waals surface area contributed by atoms with Crippen molar-refractivity contribution in [2.45, 2.75) is 33.1 Å². The number of rotatable bonds is 2. The number of benzene rings is 2. The predicted molar refractivity (Wildman–Crippen MR) is 99.7 cm³/mol. The van der Waals surface area contributed by atoms with Crippen molar-refractivity contribution in [1.82, 2.24) is 0 Å². The number of nitrogens with one attached hydrogen (secondary N) is 1. The number of fused-ring (bicyclic) bond motifs is 1. The number of anilines is 1. The van der Waals surface area contributed by atoms with Crippen molar-refractivity contribution in [3.8, 4) is 0 Å². The highest BCUT2D eigenvalue weighted by Crippen LogP contribution is 2.29. The molecule has 0 aliphatic rings. The molecule has 0 fully saturated rings. The molecule has 1 aromatic heterocycles. The molecule has 0 aliphatic heterocycles. The predicted octanol–water partition coefficient (Wildman–Crippen LogP) is 5.76. The van der Waals surface area contributed by atoms with Crippen molar-refractivity contribution in [2.24, 2.45) is 0 Å². The van der Waals surface area contributed by atoms with Gasteiger partial charge in [-0.05, 0) is 47.1 Å². The smallest absolute Gasteiger partial charge is 0.265 e. The Morgan fingerprint density at radius 3 is 2.48 bits per heavy atom. The van der Waals surface area contributed by atoms with Gasteiger partial charge in [-0.1, -0.05) is 51.1 Å². The summed E-state index contributed by atoms with van der Waals surface area (Å²) in [6.45, 7) is 8.55. The molecule has 1 amide bonds. The van der Waals surface area contributed by atoms with Crippen LogP contribution in [0.4, 0.5) is 5.69 Å². The number of amides is 1. The van der Waals surface area contributed by atoms with Crippen LogP contribution in [0, 0.1) is 6.92 Å². The highest BCUT2D eigenvalue weighted by Gasteiger charge is 2.16. The van der Waals surface area contributed by atoms with Gasteiger partial charge in [-0.25, -0.2) is 0 Å². The Kier molecular flexibility index (Phi) is 3.99. The number of carbonyl (C=O) groups excluding carboxylic acids is 1. The summed E-state index contributed by atoms with van der Waals surface area (Å²) in [6, 6.07) is 16.3. The van der Waals surface area contributed by atoms with Crippen LogP contribution >= 0.6 is 11.3 Å². The summed E-state index contributed by atoms with van der Waals surface area (Å²) in [6.07, 6.45) is 0. The third kappa shape index (κ3) is 3.30. The molecular formula is C20H21NOS. The van der Waals surface area contributed by atoms with Crippen LogP contribution in [0.1, 0.15) is 41.6 Å². The fourth-order valence-corrected chi connectivity index (χ4v) is 3.46. The third-order valence-electron chi connectivity index (χ3n) is 4.00. The monoisotopic (exact) mass is 323 g/mol. The summed E-state index contributed by atoms with van der Waals surface area (Å²) in [5.74, 6) is -0.0413. The molecule has 1 N–H and O–H groups in total. The Morgan fingerprint density at radius 2 is 1.78 bits per heavy atom. The molecule has 0 saturated carbocycles. The Morgan fingerprint density at radius 1 is 1.04 bits per heavy atom. The summed E-state index contributed by atoms with van der Waals surface area (Å²) in [4.78, 5) is 13.3. The molecule has 0 bridgehead atoms. The van der Waals surface area contributed by atoms with E-state index in [1.165, 1.54) is 16.9 Å². The van der Waals surface area contributed by atoms with E-state index in [9.17, 15) is 4.79 Å². The second kappa shape index (κ2) is 5.82. The van der Waals surface area contributed by atoms with E-state index in [0.717, 1.165) is 26.2 Å². The second-order valence-corrected chi connectivity index (χ2v) is 7.97. The van der Waals surface area contributed by atoms with Crippen LogP contribution in [-0.2, 0) is 5.41 Å². The first-order valence-electron chi connectivity index (χ1n) is 7.76. The average molecular weight is 323 g/mol. The highest BCUT2D eigenvalue weighted by atomic mass is 32.1.